The number of hydrogen-bond donors (Lipinski definition) is 2. The molecule has 0 fully saturated rings. The second-order valence-corrected chi connectivity index (χ2v) is 3.25. The van der Waals surface area contributed by atoms with E-state index in [0.717, 1.165) is 0 Å². The zero-order valence-corrected chi connectivity index (χ0v) is 8.47. The van der Waals surface area contributed by atoms with Crippen molar-refractivity contribution in [2.45, 2.75) is 19.4 Å². The number of nitrogens with two attached hydrogens (primary N) is 1. The van der Waals surface area contributed by atoms with Crippen LogP contribution in [0.25, 0.3) is 0 Å². The van der Waals surface area contributed by atoms with Crippen molar-refractivity contribution in [3.05, 3.63) is 5.89 Å². The molecule has 0 aliphatic heterocycles. The number of nitrogens with zero attached hydrogens (tertiary/aromatic N) is 3. The molecule has 0 bridgehead atoms. The Kier molecular flexibility index (Phi) is 3.84. The number of aliphatic hydroxyl groups is 1. The number of aliphatic hydroxyl groups excluding tert-OH is 1. The van der Waals surface area contributed by atoms with E-state index >= 15 is 0 Å². The third-order valence-electron chi connectivity index (χ3n) is 1.68. The molecule has 1 atom stereocenters. The molecule has 80 valence electrons. The van der Waals surface area contributed by atoms with E-state index in [-0.39, 0.29) is 0 Å². The maximum Gasteiger partial charge on any atom is 0.317 e. The zero-order valence-electron chi connectivity index (χ0n) is 8.47. The normalized spacial score (nSPS) is 12.9. The van der Waals surface area contributed by atoms with Gasteiger partial charge in [-0.2, -0.15) is 0 Å². The molecule has 0 saturated heterocycles. The summed E-state index contributed by atoms with van der Waals surface area (Å²) in [5, 5.41) is 16.8. The van der Waals surface area contributed by atoms with Crippen LogP contribution >= 0.6 is 0 Å². The standard InChI is InChI=1S/C8H16N4O2/c1-6(13)5-12(2)8-11-10-7(14-8)3-4-9/h6,13H,3-5,9H2,1-2H3. The van der Waals surface area contributed by atoms with Gasteiger partial charge < -0.3 is 20.2 Å². The van der Waals surface area contributed by atoms with E-state index in [0.29, 0.717) is 31.4 Å². The molecule has 6 heteroatoms. The van der Waals surface area contributed by atoms with Gasteiger partial charge in [0.1, 0.15) is 0 Å². The van der Waals surface area contributed by atoms with E-state index in [4.69, 9.17) is 15.3 Å². The fourth-order valence-electron chi connectivity index (χ4n) is 1.10. The average Bonchev–Trinajstić information content (AvgIpc) is 2.52. The predicted molar refractivity (Wildman–Crippen MR) is 52.0 cm³/mol. The van der Waals surface area contributed by atoms with Crippen molar-refractivity contribution in [1.29, 1.82) is 0 Å². The molecule has 1 unspecified atom stereocenters. The quantitative estimate of drug-likeness (QED) is 0.659. The van der Waals surface area contributed by atoms with Gasteiger partial charge in [0.05, 0.1) is 6.10 Å². The topological polar surface area (TPSA) is 88.4 Å². The molecule has 0 aliphatic carbocycles. The Hall–Kier alpha value is -1.14. The first kappa shape index (κ1) is 10.9. The number of likely N-dealkylation sites (N-methyl/N-ethyl adjacent to an activating group) is 1. The summed E-state index contributed by atoms with van der Waals surface area (Å²) in [5.41, 5.74) is 5.35. The van der Waals surface area contributed by atoms with Crippen LogP contribution in [0.15, 0.2) is 4.42 Å². The lowest BCUT2D eigenvalue weighted by atomic mass is 10.4. The van der Waals surface area contributed by atoms with Gasteiger partial charge in [-0.15, -0.1) is 5.10 Å². The molecular weight excluding hydrogens is 184 g/mol. The number of aromatic nitrogens is 2. The second-order valence-electron chi connectivity index (χ2n) is 3.25. The third-order valence-corrected chi connectivity index (χ3v) is 1.68. The second kappa shape index (κ2) is 4.92. The van der Waals surface area contributed by atoms with Crippen LogP contribution in [0.5, 0.6) is 0 Å². The van der Waals surface area contributed by atoms with E-state index in [1.165, 1.54) is 0 Å². The van der Waals surface area contributed by atoms with Gasteiger partial charge in [-0.05, 0) is 6.92 Å². The van der Waals surface area contributed by atoms with Crippen LogP contribution in [0.4, 0.5) is 6.01 Å². The minimum atomic E-state index is -0.426. The molecule has 0 aliphatic rings. The molecule has 14 heavy (non-hydrogen) atoms. The SMILES string of the molecule is CC(O)CN(C)c1nnc(CCN)o1. The highest BCUT2D eigenvalue weighted by molar-refractivity contribution is 5.21. The maximum absolute atomic E-state index is 9.14. The van der Waals surface area contributed by atoms with Gasteiger partial charge in [0.15, 0.2) is 0 Å². The first-order valence-electron chi connectivity index (χ1n) is 4.55. The van der Waals surface area contributed by atoms with E-state index in [1.807, 2.05) is 0 Å². The largest absolute Gasteiger partial charge is 0.408 e. The predicted octanol–water partition coefficient (Wildman–Crippen LogP) is -0.612. The van der Waals surface area contributed by atoms with Gasteiger partial charge in [0, 0.05) is 26.6 Å². The fourth-order valence-corrected chi connectivity index (χ4v) is 1.10. The monoisotopic (exact) mass is 200 g/mol. The molecule has 0 saturated carbocycles. The highest BCUT2D eigenvalue weighted by Gasteiger charge is 2.11. The molecule has 6 nitrogen and oxygen atoms in total. The van der Waals surface area contributed by atoms with Crippen LogP contribution in [0.1, 0.15) is 12.8 Å². The van der Waals surface area contributed by atoms with Crippen LogP contribution in [0, 0.1) is 0 Å². The lowest BCUT2D eigenvalue weighted by Gasteiger charge is -2.14. The van der Waals surface area contributed by atoms with Crippen LogP contribution in [0.2, 0.25) is 0 Å². The van der Waals surface area contributed by atoms with Crippen molar-refractivity contribution in [3.63, 3.8) is 0 Å². The van der Waals surface area contributed by atoms with Crippen LogP contribution in [-0.2, 0) is 6.42 Å². The van der Waals surface area contributed by atoms with Crippen molar-refractivity contribution in [2.24, 2.45) is 5.73 Å². The van der Waals surface area contributed by atoms with Crippen molar-refractivity contribution in [3.8, 4) is 0 Å². The number of hydrogen-bond acceptors (Lipinski definition) is 6. The smallest absolute Gasteiger partial charge is 0.317 e. The summed E-state index contributed by atoms with van der Waals surface area (Å²) in [7, 11) is 1.78. The average molecular weight is 200 g/mol. The third kappa shape index (κ3) is 2.97. The Bertz CT molecular complexity index is 274. The van der Waals surface area contributed by atoms with Gasteiger partial charge in [0.2, 0.25) is 5.89 Å². The van der Waals surface area contributed by atoms with Gasteiger partial charge in [-0.25, -0.2) is 0 Å². The molecule has 0 radical (unpaired) electrons. The van der Waals surface area contributed by atoms with Crippen molar-refractivity contribution >= 4 is 6.01 Å². The molecule has 0 amide bonds. The Morgan fingerprint density at radius 2 is 2.29 bits per heavy atom. The van der Waals surface area contributed by atoms with Crippen molar-refractivity contribution in [1.82, 2.24) is 10.2 Å². The zero-order chi connectivity index (χ0) is 10.6. The van der Waals surface area contributed by atoms with Gasteiger partial charge >= 0.3 is 6.01 Å². The summed E-state index contributed by atoms with van der Waals surface area (Å²) >= 11 is 0. The minimum Gasteiger partial charge on any atom is -0.408 e. The summed E-state index contributed by atoms with van der Waals surface area (Å²) < 4.78 is 5.30. The van der Waals surface area contributed by atoms with E-state index < -0.39 is 6.10 Å². The van der Waals surface area contributed by atoms with Crippen molar-refractivity contribution < 1.29 is 9.52 Å². The summed E-state index contributed by atoms with van der Waals surface area (Å²) in [4.78, 5) is 1.71. The van der Waals surface area contributed by atoms with Gasteiger partial charge in [-0.1, -0.05) is 5.10 Å². The number of rotatable bonds is 5. The lowest BCUT2D eigenvalue weighted by molar-refractivity contribution is 0.200. The van der Waals surface area contributed by atoms with E-state index in [1.54, 1.807) is 18.9 Å². The molecule has 1 aromatic heterocycles. The van der Waals surface area contributed by atoms with Gasteiger partial charge in [-0.3, -0.25) is 0 Å². The Morgan fingerprint density at radius 3 is 2.86 bits per heavy atom. The Balaban J connectivity index is 2.57. The lowest BCUT2D eigenvalue weighted by Crippen LogP contribution is -2.27. The molecule has 1 rings (SSSR count). The van der Waals surface area contributed by atoms with Crippen LogP contribution in [0.3, 0.4) is 0 Å². The first-order valence-corrected chi connectivity index (χ1v) is 4.55. The maximum atomic E-state index is 9.14. The molecule has 3 N–H and O–H groups in total. The summed E-state index contributed by atoms with van der Waals surface area (Å²) in [5.74, 6) is 0.528. The van der Waals surface area contributed by atoms with Crippen molar-refractivity contribution in [2.75, 3.05) is 25.0 Å². The minimum absolute atomic E-state index is 0.411. The van der Waals surface area contributed by atoms with Gasteiger partial charge in [0.25, 0.3) is 0 Å². The molecule has 1 aromatic rings. The van der Waals surface area contributed by atoms with Crippen LogP contribution < -0.4 is 10.6 Å². The summed E-state index contributed by atoms with van der Waals surface area (Å²) in [6.07, 6.45) is 0.153. The highest BCUT2D eigenvalue weighted by Crippen LogP contribution is 2.10. The van der Waals surface area contributed by atoms with Crippen LogP contribution in [-0.4, -0.2) is 41.5 Å². The highest BCUT2D eigenvalue weighted by atomic mass is 16.4. The van der Waals surface area contributed by atoms with E-state index in [9.17, 15) is 0 Å². The first-order chi connectivity index (χ1) is 6.63. The molecule has 1 heterocycles. The Morgan fingerprint density at radius 1 is 1.57 bits per heavy atom. The molecule has 0 spiro atoms. The molecular formula is C8H16N4O2. The number of anilines is 1. The van der Waals surface area contributed by atoms with E-state index in [2.05, 4.69) is 10.2 Å². The summed E-state index contributed by atoms with van der Waals surface area (Å²) in [6, 6.07) is 0.411. The Labute approximate surface area is 82.7 Å². The fraction of sp³-hybridized carbons (Fsp3) is 0.750. The molecule has 0 aromatic carbocycles. The summed E-state index contributed by atoms with van der Waals surface area (Å²) in [6.45, 7) is 2.65.